The Hall–Kier alpha value is -1.82. The largest absolute Gasteiger partial charge is 0.339 e. The average molecular weight is 302 g/mol. The average Bonchev–Trinajstić information content (AvgIpc) is 3.11. The van der Waals surface area contributed by atoms with E-state index in [1.165, 1.54) is 29.4 Å². The quantitative estimate of drug-likeness (QED) is 0.859. The van der Waals surface area contributed by atoms with E-state index in [1.54, 1.807) is 17.3 Å². The highest BCUT2D eigenvalue weighted by atomic mass is 32.2. The van der Waals surface area contributed by atoms with Gasteiger partial charge in [0.05, 0.1) is 18.0 Å². The predicted octanol–water partition coefficient (Wildman–Crippen LogP) is 2.04. The number of pyridine rings is 1. The highest BCUT2D eigenvalue weighted by molar-refractivity contribution is 8.00. The fourth-order valence-corrected chi connectivity index (χ4v) is 3.35. The summed E-state index contributed by atoms with van der Waals surface area (Å²) in [6, 6.07) is 3.83. The van der Waals surface area contributed by atoms with Crippen LogP contribution in [0.4, 0.5) is 0 Å². The summed E-state index contributed by atoms with van der Waals surface area (Å²) in [5, 5.41) is 7.43. The zero-order valence-electron chi connectivity index (χ0n) is 12.0. The van der Waals surface area contributed by atoms with Crippen LogP contribution in [-0.4, -0.2) is 38.8 Å². The molecule has 1 N–H and O–H groups in total. The lowest BCUT2D eigenvalue weighted by Gasteiger charge is -2.16. The number of nitrogens with zero attached hydrogens (tertiary/aromatic N) is 3. The molecule has 21 heavy (non-hydrogen) atoms. The van der Waals surface area contributed by atoms with E-state index >= 15 is 0 Å². The van der Waals surface area contributed by atoms with Gasteiger partial charge in [-0.1, -0.05) is 0 Å². The van der Waals surface area contributed by atoms with E-state index in [-0.39, 0.29) is 5.91 Å². The number of carbonyl (C=O) groups is 1. The second kappa shape index (κ2) is 6.30. The van der Waals surface area contributed by atoms with E-state index in [0.29, 0.717) is 12.3 Å². The molecule has 2 heterocycles. The molecule has 2 aromatic rings. The van der Waals surface area contributed by atoms with Gasteiger partial charge in [-0.2, -0.15) is 5.10 Å². The highest BCUT2D eigenvalue weighted by Crippen LogP contribution is 2.24. The van der Waals surface area contributed by atoms with Crippen molar-refractivity contribution >= 4 is 17.7 Å². The van der Waals surface area contributed by atoms with Crippen molar-refractivity contribution in [3.05, 3.63) is 41.5 Å². The maximum Gasteiger partial charge on any atom is 0.233 e. The number of fused-ring (bicyclic) bond motifs is 1. The fourth-order valence-electron chi connectivity index (χ4n) is 2.52. The Balaban J connectivity index is 1.55. The van der Waals surface area contributed by atoms with Crippen LogP contribution in [0, 0.1) is 0 Å². The molecule has 0 bridgehead atoms. The number of hydrogen-bond acceptors (Lipinski definition) is 4. The van der Waals surface area contributed by atoms with Crippen LogP contribution in [0.15, 0.2) is 29.4 Å². The first-order valence-corrected chi connectivity index (χ1v) is 8.04. The normalized spacial score (nSPS) is 13.2. The molecule has 0 unspecified atom stereocenters. The van der Waals surface area contributed by atoms with E-state index in [4.69, 9.17) is 0 Å². The number of aromatic amines is 1. The van der Waals surface area contributed by atoms with Crippen LogP contribution >= 0.6 is 11.8 Å². The van der Waals surface area contributed by atoms with Crippen LogP contribution in [0.5, 0.6) is 0 Å². The van der Waals surface area contributed by atoms with Gasteiger partial charge in [0.1, 0.15) is 0 Å². The molecule has 1 aliphatic carbocycles. The minimum atomic E-state index is 0.117. The summed E-state index contributed by atoms with van der Waals surface area (Å²) >= 11 is 1.54. The molecule has 1 aliphatic rings. The molecule has 0 radical (unpaired) electrons. The number of hydrogen-bond donors (Lipinski definition) is 1. The Morgan fingerprint density at radius 3 is 3.00 bits per heavy atom. The minimum Gasteiger partial charge on any atom is -0.339 e. The first kappa shape index (κ1) is 14.1. The number of aromatic nitrogens is 3. The molecule has 0 spiro atoms. The van der Waals surface area contributed by atoms with Gasteiger partial charge in [0.15, 0.2) is 0 Å². The summed E-state index contributed by atoms with van der Waals surface area (Å²) in [6.07, 6.45) is 6.83. The van der Waals surface area contributed by atoms with Crippen molar-refractivity contribution in [3.63, 3.8) is 0 Å². The van der Waals surface area contributed by atoms with Crippen LogP contribution < -0.4 is 0 Å². The Morgan fingerprint density at radius 2 is 2.19 bits per heavy atom. The second-order valence-corrected chi connectivity index (χ2v) is 6.25. The Labute approximate surface area is 128 Å². The molecular weight excluding hydrogens is 284 g/mol. The van der Waals surface area contributed by atoms with Gasteiger partial charge in [-0.15, -0.1) is 11.8 Å². The number of thioether (sulfide) groups is 1. The lowest BCUT2D eigenvalue weighted by molar-refractivity contribution is -0.127. The van der Waals surface area contributed by atoms with Crippen LogP contribution in [0.1, 0.15) is 23.4 Å². The number of rotatable bonds is 5. The third-order valence-electron chi connectivity index (χ3n) is 3.72. The monoisotopic (exact) mass is 302 g/mol. The molecule has 3 rings (SSSR count). The standard InChI is InChI=1S/C15H18N4OS/c1-19(9-14-12-3-2-4-13(12)17-18-14)15(20)10-21-11-5-7-16-8-6-11/h5-8H,2-4,9-10H2,1H3,(H,17,18). The van der Waals surface area contributed by atoms with Gasteiger partial charge in [0, 0.05) is 30.0 Å². The second-order valence-electron chi connectivity index (χ2n) is 5.20. The topological polar surface area (TPSA) is 61.9 Å². The van der Waals surface area contributed by atoms with Crippen molar-refractivity contribution in [3.8, 4) is 0 Å². The molecule has 0 atom stereocenters. The molecule has 110 valence electrons. The third-order valence-corrected chi connectivity index (χ3v) is 4.71. The molecule has 0 aliphatic heterocycles. The number of carbonyl (C=O) groups excluding carboxylic acids is 1. The third kappa shape index (κ3) is 3.26. The molecule has 0 aromatic carbocycles. The molecule has 0 fully saturated rings. The smallest absolute Gasteiger partial charge is 0.233 e. The first-order valence-electron chi connectivity index (χ1n) is 7.06. The Kier molecular flexibility index (Phi) is 4.24. The maximum atomic E-state index is 12.2. The number of nitrogens with one attached hydrogen (secondary N) is 1. The summed E-state index contributed by atoms with van der Waals surface area (Å²) in [7, 11) is 1.84. The van der Waals surface area contributed by atoms with Gasteiger partial charge in [-0.3, -0.25) is 14.9 Å². The van der Waals surface area contributed by atoms with Crippen LogP contribution in [0.2, 0.25) is 0 Å². The van der Waals surface area contributed by atoms with Crippen molar-refractivity contribution in [1.29, 1.82) is 0 Å². The summed E-state index contributed by atoms with van der Waals surface area (Å²) in [5.74, 6) is 0.555. The van der Waals surface area contributed by atoms with Crippen molar-refractivity contribution < 1.29 is 4.79 Å². The number of amides is 1. The Bertz CT molecular complexity index is 626. The molecule has 5 nitrogen and oxygen atoms in total. The number of H-pyrrole nitrogens is 1. The maximum absolute atomic E-state index is 12.2. The summed E-state index contributed by atoms with van der Waals surface area (Å²) in [4.78, 5) is 19.0. The SMILES string of the molecule is CN(Cc1n[nH]c2c1CCC2)C(=O)CSc1ccncc1. The lowest BCUT2D eigenvalue weighted by Crippen LogP contribution is -2.28. The van der Waals surface area contributed by atoms with E-state index in [2.05, 4.69) is 15.2 Å². The highest BCUT2D eigenvalue weighted by Gasteiger charge is 2.20. The van der Waals surface area contributed by atoms with Crippen molar-refractivity contribution in [1.82, 2.24) is 20.1 Å². The summed E-state index contributed by atoms with van der Waals surface area (Å²) in [6.45, 7) is 0.585. The zero-order chi connectivity index (χ0) is 14.7. The van der Waals surface area contributed by atoms with E-state index in [1.807, 2.05) is 19.2 Å². The molecule has 2 aromatic heterocycles. The lowest BCUT2D eigenvalue weighted by atomic mass is 10.2. The van der Waals surface area contributed by atoms with Gasteiger partial charge in [-0.05, 0) is 37.0 Å². The van der Waals surface area contributed by atoms with Crippen LogP contribution in [-0.2, 0) is 24.2 Å². The van der Waals surface area contributed by atoms with Crippen molar-refractivity contribution in [2.75, 3.05) is 12.8 Å². The van der Waals surface area contributed by atoms with Gasteiger partial charge in [0.2, 0.25) is 5.91 Å². The molecule has 1 amide bonds. The minimum absolute atomic E-state index is 0.117. The van der Waals surface area contributed by atoms with Crippen LogP contribution in [0.25, 0.3) is 0 Å². The molecular formula is C15H18N4OS. The summed E-state index contributed by atoms with van der Waals surface area (Å²) in [5.41, 5.74) is 3.58. The molecule has 0 saturated carbocycles. The predicted molar refractivity (Wildman–Crippen MR) is 82.0 cm³/mol. The first-order chi connectivity index (χ1) is 10.2. The summed E-state index contributed by atoms with van der Waals surface area (Å²) < 4.78 is 0. The van der Waals surface area contributed by atoms with Gasteiger partial charge in [-0.25, -0.2) is 0 Å². The zero-order valence-corrected chi connectivity index (χ0v) is 12.8. The van der Waals surface area contributed by atoms with Gasteiger partial charge in [0.25, 0.3) is 0 Å². The van der Waals surface area contributed by atoms with E-state index in [9.17, 15) is 4.79 Å². The molecule has 6 heteroatoms. The fraction of sp³-hybridized carbons (Fsp3) is 0.400. The Morgan fingerprint density at radius 1 is 1.38 bits per heavy atom. The molecule has 0 saturated heterocycles. The van der Waals surface area contributed by atoms with Crippen LogP contribution in [0.3, 0.4) is 0 Å². The number of aryl methyl sites for hydroxylation is 1. The van der Waals surface area contributed by atoms with Crippen molar-refractivity contribution in [2.45, 2.75) is 30.7 Å². The van der Waals surface area contributed by atoms with Gasteiger partial charge >= 0.3 is 0 Å². The van der Waals surface area contributed by atoms with Gasteiger partial charge < -0.3 is 4.90 Å². The van der Waals surface area contributed by atoms with Crippen molar-refractivity contribution in [2.24, 2.45) is 0 Å². The van der Waals surface area contributed by atoms with E-state index < -0.39 is 0 Å². The van der Waals surface area contributed by atoms with E-state index in [0.717, 1.165) is 23.4 Å².